The van der Waals surface area contributed by atoms with Crippen LogP contribution in [-0.2, 0) is 0 Å². The first-order chi connectivity index (χ1) is 8.12. The number of nitrogen functional groups attached to an aromatic ring is 1. The van der Waals surface area contributed by atoms with Gasteiger partial charge in [-0.15, -0.1) is 11.3 Å². The lowest BCUT2D eigenvalue weighted by Gasteiger charge is -2.17. The maximum atomic E-state index is 9.31. The van der Waals surface area contributed by atoms with Crippen molar-refractivity contribution in [3.63, 3.8) is 0 Å². The summed E-state index contributed by atoms with van der Waals surface area (Å²) in [7, 11) is 0. The van der Waals surface area contributed by atoms with Gasteiger partial charge in [0, 0.05) is 0 Å². The van der Waals surface area contributed by atoms with Gasteiger partial charge in [0.1, 0.15) is 0 Å². The van der Waals surface area contributed by atoms with E-state index in [-0.39, 0.29) is 12.1 Å². The molecule has 0 aliphatic heterocycles. The zero-order chi connectivity index (χ0) is 12.0. The van der Waals surface area contributed by atoms with Gasteiger partial charge in [-0.25, -0.2) is 4.98 Å². The number of thiazole rings is 1. The van der Waals surface area contributed by atoms with E-state index in [0.717, 1.165) is 39.4 Å². The highest BCUT2D eigenvalue weighted by atomic mass is 32.1. The van der Waals surface area contributed by atoms with Crippen LogP contribution in [0.3, 0.4) is 0 Å². The van der Waals surface area contributed by atoms with Crippen molar-refractivity contribution >= 4 is 32.9 Å². The lowest BCUT2D eigenvalue weighted by atomic mass is 10.2. The second-order valence-electron chi connectivity index (χ2n) is 4.70. The highest BCUT2D eigenvalue weighted by Crippen LogP contribution is 2.40. The normalized spacial score (nSPS) is 17.3. The minimum absolute atomic E-state index is 0.146. The fourth-order valence-electron chi connectivity index (χ4n) is 1.97. The first-order valence-electron chi connectivity index (χ1n) is 5.68. The Bertz CT molecular complexity index is 574. The van der Waals surface area contributed by atoms with E-state index in [0.29, 0.717) is 0 Å². The van der Waals surface area contributed by atoms with Crippen LogP contribution in [-0.4, -0.2) is 22.2 Å². The fourth-order valence-corrected chi connectivity index (χ4v) is 2.83. The van der Waals surface area contributed by atoms with Crippen molar-refractivity contribution in [3.8, 4) is 0 Å². The monoisotopic (exact) mass is 249 g/mol. The highest BCUT2D eigenvalue weighted by molar-refractivity contribution is 7.18. The van der Waals surface area contributed by atoms with Gasteiger partial charge in [-0.3, -0.25) is 0 Å². The predicted octanol–water partition coefficient (Wildman–Crippen LogP) is 2.12. The van der Waals surface area contributed by atoms with Crippen LogP contribution in [0.2, 0.25) is 0 Å². The van der Waals surface area contributed by atoms with Gasteiger partial charge in [0.15, 0.2) is 0 Å². The van der Waals surface area contributed by atoms with Gasteiger partial charge < -0.3 is 16.2 Å². The lowest BCUT2D eigenvalue weighted by Crippen LogP contribution is -2.26. The molecule has 1 aromatic heterocycles. The molecule has 1 heterocycles. The second kappa shape index (κ2) is 3.58. The summed E-state index contributed by atoms with van der Waals surface area (Å²) in [5.74, 6) is 0. The summed E-state index contributed by atoms with van der Waals surface area (Å²) in [5, 5.41) is 13.7. The van der Waals surface area contributed by atoms with Crippen LogP contribution < -0.4 is 11.1 Å². The maximum absolute atomic E-state index is 9.31. The summed E-state index contributed by atoms with van der Waals surface area (Å²) in [4.78, 5) is 4.45. The Morgan fingerprint density at radius 3 is 2.94 bits per heavy atom. The third-order valence-electron chi connectivity index (χ3n) is 3.22. The number of benzene rings is 1. The summed E-state index contributed by atoms with van der Waals surface area (Å²) >= 11 is 1.65. The minimum atomic E-state index is -0.146. The molecule has 0 unspecified atom stereocenters. The molecule has 3 rings (SSSR count). The molecule has 1 aliphatic rings. The predicted molar refractivity (Wildman–Crippen MR) is 71.4 cm³/mol. The topological polar surface area (TPSA) is 71.2 Å². The Morgan fingerprint density at radius 2 is 2.29 bits per heavy atom. The molecule has 0 atom stereocenters. The molecule has 2 aromatic rings. The molecule has 0 bridgehead atoms. The Kier molecular flexibility index (Phi) is 2.27. The fraction of sp³-hybridized carbons (Fsp3) is 0.417. The number of anilines is 2. The Balaban J connectivity index is 2.01. The second-order valence-corrected chi connectivity index (χ2v) is 5.94. The van der Waals surface area contributed by atoms with Gasteiger partial charge in [-0.1, -0.05) is 0 Å². The van der Waals surface area contributed by atoms with Crippen molar-refractivity contribution < 1.29 is 5.11 Å². The minimum Gasteiger partial charge on any atom is -0.397 e. The van der Waals surface area contributed by atoms with Gasteiger partial charge >= 0.3 is 0 Å². The number of hydrogen-bond donors (Lipinski definition) is 3. The van der Waals surface area contributed by atoms with Crippen LogP contribution in [0.15, 0.2) is 12.1 Å². The number of aryl methyl sites for hydroxylation is 1. The van der Waals surface area contributed by atoms with Crippen molar-refractivity contribution in [2.24, 2.45) is 0 Å². The SMILES string of the molecule is Cc1nc2cc(NC3(CO)CC3)c(N)cc2s1. The average Bonchev–Trinajstić information content (AvgIpc) is 2.96. The zero-order valence-electron chi connectivity index (χ0n) is 9.66. The first-order valence-corrected chi connectivity index (χ1v) is 6.49. The van der Waals surface area contributed by atoms with Gasteiger partial charge in [-0.05, 0) is 31.9 Å². The van der Waals surface area contributed by atoms with Crippen molar-refractivity contribution in [3.05, 3.63) is 17.1 Å². The van der Waals surface area contributed by atoms with Gasteiger partial charge in [-0.2, -0.15) is 0 Å². The molecular weight excluding hydrogens is 234 g/mol. The van der Waals surface area contributed by atoms with E-state index in [1.807, 2.05) is 19.1 Å². The van der Waals surface area contributed by atoms with E-state index in [1.165, 1.54) is 0 Å². The van der Waals surface area contributed by atoms with Crippen molar-refractivity contribution in [2.45, 2.75) is 25.3 Å². The van der Waals surface area contributed by atoms with Crippen LogP contribution in [0.4, 0.5) is 11.4 Å². The number of hydrogen-bond acceptors (Lipinski definition) is 5. The molecule has 1 saturated carbocycles. The largest absolute Gasteiger partial charge is 0.397 e. The van der Waals surface area contributed by atoms with E-state index in [9.17, 15) is 5.11 Å². The molecule has 1 aliphatic carbocycles. The summed E-state index contributed by atoms with van der Waals surface area (Å²) < 4.78 is 1.11. The molecular formula is C12H15N3OS. The zero-order valence-corrected chi connectivity index (χ0v) is 10.5. The van der Waals surface area contributed by atoms with Crippen LogP contribution in [0.5, 0.6) is 0 Å². The lowest BCUT2D eigenvalue weighted by molar-refractivity contribution is 0.266. The van der Waals surface area contributed by atoms with Crippen LogP contribution in [0.25, 0.3) is 10.2 Å². The maximum Gasteiger partial charge on any atom is 0.0907 e. The van der Waals surface area contributed by atoms with E-state index in [2.05, 4.69) is 10.3 Å². The van der Waals surface area contributed by atoms with E-state index in [4.69, 9.17) is 5.73 Å². The number of aliphatic hydroxyl groups excluding tert-OH is 1. The summed E-state index contributed by atoms with van der Waals surface area (Å²) in [6.45, 7) is 2.14. The molecule has 4 nitrogen and oxygen atoms in total. The molecule has 0 spiro atoms. The first kappa shape index (κ1) is 10.8. The molecule has 0 saturated heterocycles. The van der Waals surface area contributed by atoms with Crippen molar-refractivity contribution in [2.75, 3.05) is 17.7 Å². The Labute approximate surface area is 103 Å². The molecule has 5 heteroatoms. The standard InChI is InChI=1S/C12H15N3OS/c1-7-14-10-5-9(8(13)4-11(10)17-7)15-12(6-16)2-3-12/h4-5,15-16H,2-3,6,13H2,1H3. The average molecular weight is 249 g/mol. The van der Waals surface area contributed by atoms with Gasteiger partial charge in [0.05, 0.1) is 38.7 Å². The molecule has 4 N–H and O–H groups in total. The van der Waals surface area contributed by atoms with E-state index >= 15 is 0 Å². The van der Waals surface area contributed by atoms with Crippen molar-refractivity contribution in [1.29, 1.82) is 0 Å². The summed E-state index contributed by atoms with van der Waals surface area (Å²) in [6.07, 6.45) is 1.99. The number of aromatic nitrogens is 1. The van der Waals surface area contributed by atoms with Crippen LogP contribution in [0.1, 0.15) is 17.8 Å². The number of rotatable bonds is 3. The van der Waals surface area contributed by atoms with E-state index < -0.39 is 0 Å². The third-order valence-corrected chi connectivity index (χ3v) is 4.16. The molecule has 1 fully saturated rings. The van der Waals surface area contributed by atoms with Gasteiger partial charge in [0.25, 0.3) is 0 Å². The number of aliphatic hydroxyl groups is 1. The smallest absolute Gasteiger partial charge is 0.0907 e. The van der Waals surface area contributed by atoms with Crippen LogP contribution in [0, 0.1) is 6.92 Å². The number of nitrogens with zero attached hydrogens (tertiary/aromatic N) is 1. The Hall–Kier alpha value is -1.33. The highest BCUT2D eigenvalue weighted by Gasteiger charge is 2.42. The Morgan fingerprint density at radius 1 is 1.53 bits per heavy atom. The molecule has 0 radical (unpaired) electrons. The van der Waals surface area contributed by atoms with Crippen molar-refractivity contribution in [1.82, 2.24) is 4.98 Å². The molecule has 0 amide bonds. The molecule has 90 valence electrons. The molecule has 1 aromatic carbocycles. The summed E-state index contributed by atoms with van der Waals surface area (Å²) in [5.41, 5.74) is 8.45. The van der Waals surface area contributed by atoms with E-state index in [1.54, 1.807) is 11.3 Å². The van der Waals surface area contributed by atoms with Gasteiger partial charge in [0.2, 0.25) is 0 Å². The number of nitrogens with one attached hydrogen (secondary N) is 1. The quantitative estimate of drug-likeness (QED) is 0.729. The van der Waals surface area contributed by atoms with Crippen LogP contribution >= 0.6 is 11.3 Å². The third kappa shape index (κ3) is 1.85. The number of fused-ring (bicyclic) bond motifs is 1. The molecule has 17 heavy (non-hydrogen) atoms. The summed E-state index contributed by atoms with van der Waals surface area (Å²) in [6, 6.07) is 3.93. The number of nitrogens with two attached hydrogens (primary N) is 1.